The first-order chi connectivity index (χ1) is 11.5. The van der Waals surface area contributed by atoms with Crippen molar-refractivity contribution in [3.8, 4) is 0 Å². The number of hydrogen-bond donors (Lipinski definition) is 1. The summed E-state index contributed by atoms with van der Waals surface area (Å²) in [4.78, 5) is 0. The van der Waals surface area contributed by atoms with E-state index in [1.807, 2.05) is 0 Å². The molecule has 0 radical (unpaired) electrons. The molecule has 1 nitrogen and oxygen atoms in total. The SMILES string of the molecule is FC(F)(F)c1cccc(CCNCc2ccc(C3CCC3)cc2)c1. The third-order valence-electron chi connectivity index (χ3n) is 4.73. The molecule has 128 valence electrons. The van der Waals surface area contributed by atoms with Gasteiger partial charge in [-0.3, -0.25) is 0 Å². The molecule has 0 atom stereocenters. The topological polar surface area (TPSA) is 12.0 Å². The van der Waals surface area contributed by atoms with Crippen LogP contribution in [-0.2, 0) is 19.1 Å². The van der Waals surface area contributed by atoms with Gasteiger partial charge in [0.25, 0.3) is 0 Å². The van der Waals surface area contributed by atoms with Crippen molar-refractivity contribution in [1.82, 2.24) is 5.32 Å². The summed E-state index contributed by atoms with van der Waals surface area (Å²) in [7, 11) is 0. The van der Waals surface area contributed by atoms with Gasteiger partial charge in [0.15, 0.2) is 0 Å². The van der Waals surface area contributed by atoms with Crippen molar-refractivity contribution < 1.29 is 13.2 Å². The molecule has 1 saturated carbocycles. The van der Waals surface area contributed by atoms with Crippen LogP contribution in [0.5, 0.6) is 0 Å². The Balaban J connectivity index is 1.45. The predicted octanol–water partition coefficient (Wildman–Crippen LogP) is 5.31. The normalized spacial score (nSPS) is 15.3. The molecule has 1 aliphatic carbocycles. The molecule has 0 bridgehead atoms. The molecule has 3 rings (SSSR count). The molecule has 2 aromatic carbocycles. The summed E-state index contributed by atoms with van der Waals surface area (Å²) in [5.74, 6) is 0.743. The molecule has 4 heteroatoms. The fraction of sp³-hybridized carbons (Fsp3) is 0.400. The lowest BCUT2D eigenvalue weighted by molar-refractivity contribution is -0.137. The van der Waals surface area contributed by atoms with Gasteiger partial charge in [0, 0.05) is 6.54 Å². The number of hydrogen-bond acceptors (Lipinski definition) is 1. The molecule has 0 amide bonds. The first-order valence-corrected chi connectivity index (χ1v) is 8.48. The Morgan fingerprint density at radius 1 is 0.958 bits per heavy atom. The Hall–Kier alpha value is -1.81. The second-order valence-corrected chi connectivity index (χ2v) is 6.49. The molecule has 0 aromatic heterocycles. The van der Waals surface area contributed by atoms with Gasteiger partial charge in [-0.05, 0) is 54.5 Å². The number of alkyl halides is 3. The first-order valence-electron chi connectivity index (χ1n) is 8.48. The maximum Gasteiger partial charge on any atom is 0.416 e. The fourth-order valence-corrected chi connectivity index (χ4v) is 3.02. The average molecular weight is 333 g/mol. The van der Waals surface area contributed by atoms with Crippen molar-refractivity contribution in [3.63, 3.8) is 0 Å². The van der Waals surface area contributed by atoms with Crippen molar-refractivity contribution in [3.05, 3.63) is 70.8 Å². The molecule has 1 fully saturated rings. The molecule has 1 N–H and O–H groups in total. The van der Waals surface area contributed by atoms with Crippen molar-refractivity contribution in [2.24, 2.45) is 0 Å². The van der Waals surface area contributed by atoms with Crippen molar-refractivity contribution in [2.75, 3.05) is 6.54 Å². The van der Waals surface area contributed by atoms with E-state index in [-0.39, 0.29) is 0 Å². The van der Waals surface area contributed by atoms with E-state index in [1.165, 1.54) is 42.5 Å². The van der Waals surface area contributed by atoms with Gasteiger partial charge in [0.05, 0.1) is 5.56 Å². The summed E-state index contributed by atoms with van der Waals surface area (Å²) < 4.78 is 38.0. The zero-order chi connectivity index (χ0) is 17.0. The lowest BCUT2D eigenvalue weighted by atomic mass is 9.80. The lowest BCUT2D eigenvalue weighted by Crippen LogP contribution is -2.17. The van der Waals surface area contributed by atoms with Crippen LogP contribution in [0, 0.1) is 0 Å². The Bertz CT molecular complexity index is 657. The minimum absolute atomic E-state index is 0.577. The van der Waals surface area contributed by atoms with Crippen LogP contribution in [0.1, 0.15) is 47.4 Å². The second kappa shape index (κ2) is 7.39. The van der Waals surface area contributed by atoms with E-state index in [1.54, 1.807) is 6.07 Å². The smallest absolute Gasteiger partial charge is 0.312 e. The maximum absolute atomic E-state index is 12.7. The van der Waals surface area contributed by atoms with Crippen LogP contribution in [-0.4, -0.2) is 6.54 Å². The van der Waals surface area contributed by atoms with Crippen LogP contribution in [0.4, 0.5) is 13.2 Å². The molecule has 0 heterocycles. The van der Waals surface area contributed by atoms with Crippen LogP contribution in [0.3, 0.4) is 0 Å². The molecular formula is C20H22F3N. The highest BCUT2D eigenvalue weighted by atomic mass is 19.4. The lowest BCUT2D eigenvalue weighted by Gasteiger charge is -2.25. The molecule has 0 saturated heterocycles. The van der Waals surface area contributed by atoms with E-state index < -0.39 is 11.7 Å². The Morgan fingerprint density at radius 3 is 2.33 bits per heavy atom. The van der Waals surface area contributed by atoms with Crippen molar-refractivity contribution in [1.29, 1.82) is 0 Å². The Morgan fingerprint density at radius 2 is 1.71 bits per heavy atom. The number of benzene rings is 2. The van der Waals surface area contributed by atoms with E-state index >= 15 is 0 Å². The first kappa shape index (κ1) is 17.0. The number of halogens is 3. The number of rotatable bonds is 6. The van der Waals surface area contributed by atoms with Crippen LogP contribution in [0.25, 0.3) is 0 Å². The predicted molar refractivity (Wildman–Crippen MR) is 89.9 cm³/mol. The quantitative estimate of drug-likeness (QED) is 0.707. The van der Waals surface area contributed by atoms with Gasteiger partial charge in [0.2, 0.25) is 0 Å². The van der Waals surface area contributed by atoms with Crippen LogP contribution in [0.15, 0.2) is 48.5 Å². The second-order valence-electron chi connectivity index (χ2n) is 6.49. The van der Waals surface area contributed by atoms with Gasteiger partial charge in [-0.1, -0.05) is 48.9 Å². The van der Waals surface area contributed by atoms with Gasteiger partial charge in [-0.25, -0.2) is 0 Å². The highest BCUT2D eigenvalue weighted by Crippen LogP contribution is 2.36. The molecular weight excluding hydrogens is 311 g/mol. The van der Waals surface area contributed by atoms with E-state index in [4.69, 9.17) is 0 Å². The largest absolute Gasteiger partial charge is 0.416 e. The molecule has 2 aromatic rings. The summed E-state index contributed by atoms with van der Waals surface area (Å²) in [5, 5.41) is 3.30. The van der Waals surface area contributed by atoms with Crippen LogP contribution in [0.2, 0.25) is 0 Å². The minimum atomic E-state index is -4.27. The van der Waals surface area contributed by atoms with E-state index in [0.29, 0.717) is 18.5 Å². The fourth-order valence-electron chi connectivity index (χ4n) is 3.02. The van der Waals surface area contributed by atoms with Gasteiger partial charge in [0.1, 0.15) is 0 Å². The third kappa shape index (κ3) is 4.38. The molecule has 1 aliphatic rings. The maximum atomic E-state index is 12.7. The van der Waals surface area contributed by atoms with Gasteiger partial charge in [-0.15, -0.1) is 0 Å². The van der Waals surface area contributed by atoms with E-state index in [0.717, 1.165) is 18.5 Å². The monoisotopic (exact) mass is 333 g/mol. The van der Waals surface area contributed by atoms with Crippen LogP contribution < -0.4 is 5.32 Å². The minimum Gasteiger partial charge on any atom is -0.312 e. The molecule has 24 heavy (non-hydrogen) atoms. The van der Waals surface area contributed by atoms with E-state index in [2.05, 4.69) is 29.6 Å². The highest BCUT2D eigenvalue weighted by Gasteiger charge is 2.30. The Labute approximate surface area is 140 Å². The summed E-state index contributed by atoms with van der Waals surface area (Å²) >= 11 is 0. The Kier molecular flexibility index (Phi) is 5.24. The van der Waals surface area contributed by atoms with Crippen molar-refractivity contribution >= 4 is 0 Å². The van der Waals surface area contributed by atoms with E-state index in [9.17, 15) is 13.2 Å². The summed E-state index contributed by atoms with van der Waals surface area (Å²) in [6, 6.07) is 14.2. The standard InChI is InChI=1S/C20H22F3N/c21-20(22,23)19-6-1-3-15(13-19)11-12-24-14-16-7-9-18(10-8-16)17-4-2-5-17/h1,3,6-10,13,17,24H,2,4-5,11-12,14H2. The molecule has 0 unspecified atom stereocenters. The molecule has 0 spiro atoms. The van der Waals surface area contributed by atoms with Gasteiger partial charge >= 0.3 is 6.18 Å². The van der Waals surface area contributed by atoms with Crippen LogP contribution >= 0.6 is 0 Å². The molecule has 0 aliphatic heterocycles. The van der Waals surface area contributed by atoms with Gasteiger partial charge < -0.3 is 5.32 Å². The summed E-state index contributed by atoms with van der Waals surface area (Å²) in [6.07, 6.45) is 0.252. The van der Waals surface area contributed by atoms with Crippen molar-refractivity contribution in [2.45, 2.75) is 44.3 Å². The zero-order valence-corrected chi connectivity index (χ0v) is 13.6. The summed E-state index contributed by atoms with van der Waals surface area (Å²) in [6.45, 7) is 1.40. The third-order valence-corrected chi connectivity index (χ3v) is 4.73. The average Bonchev–Trinajstić information content (AvgIpc) is 2.51. The van der Waals surface area contributed by atoms with Gasteiger partial charge in [-0.2, -0.15) is 13.2 Å². The zero-order valence-electron chi connectivity index (χ0n) is 13.6. The summed E-state index contributed by atoms with van der Waals surface area (Å²) in [5.41, 5.74) is 2.76. The number of nitrogens with one attached hydrogen (secondary N) is 1. The highest BCUT2D eigenvalue weighted by molar-refractivity contribution is 5.27.